The van der Waals surface area contributed by atoms with E-state index >= 15 is 0 Å². The topological polar surface area (TPSA) is 58.6 Å². The van der Waals surface area contributed by atoms with E-state index in [0.29, 0.717) is 29.8 Å². The maximum Gasteiger partial charge on any atom is 0.246 e. The van der Waals surface area contributed by atoms with Crippen molar-refractivity contribution in [3.63, 3.8) is 0 Å². The zero-order valence-corrected chi connectivity index (χ0v) is 13.5. The second-order valence-corrected chi connectivity index (χ2v) is 7.92. The minimum atomic E-state index is -3.55. The molecule has 5 nitrogen and oxygen atoms in total. The molecule has 2 fully saturated rings. The largest absolute Gasteiger partial charge is 0.495 e. The summed E-state index contributed by atoms with van der Waals surface area (Å²) in [5.41, 5.74) is 0. The van der Waals surface area contributed by atoms with Gasteiger partial charge >= 0.3 is 0 Å². The summed E-state index contributed by atoms with van der Waals surface area (Å²) in [4.78, 5) is 0.188. The van der Waals surface area contributed by atoms with E-state index in [4.69, 9.17) is 16.3 Å². The van der Waals surface area contributed by atoms with Crippen LogP contribution < -0.4 is 10.1 Å². The summed E-state index contributed by atoms with van der Waals surface area (Å²) in [6.07, 6.45) is 2.20. The van der Waals surface area contributed by atoms with Crippen LogP contribution in [0.1, 0.15) is 12.8 Å². The fourth-order valence-electron chi connectivity index (χ4n) is 3.20. The highest BCUT2D eigenvalue weighted by Gasteiger charge is 2.41. The fraction of sp³-hybridized carbons (Fsp3) is 0.571. The van der Waals surface area contributed by atoms with Crippen molar-refractivity contribution in [3.05, 3.63) is 23.2 Å². The molecule has 0 bridgehead atoms. The van der Waals surface area contributed by atoms with Gasteiger partial charge in [-0.1, -0.05) is 11.6 Å². The third-order valence-electron chi connectivity index (χ3n) is 4.31. The van der Waals surface area contributed by atoms with Gasteiger partial charge in [0, 0.05) is 30.2 Å². The molecule has 1 aromatic rings. The number of rotatable bonds is 3. The van der Waals surface area contributed by atoms with E-state index in [-0.39, 0.29) is 10.9 Å². The molecule has 7 heteroatoms. The number of nitrogens with one attached hydrogen (secondary N) is 1. The number of nitrogens with zero attached hydrogens (tertiary/aromatic N) is 1. The van der Waals surface area contributed by atoms with Crippen LogP contribution in [0.25, 0.3) is 0 Å². The number of methoxy groups -OCH3 is 1. The first kappa shape index (κ1) is 15.1. The minimum Gasteiger partial charge on any atom is -0.495 e. The van der Waals surface area contributed by atoms with E-state index in [1.807, 2.05) is 0 Å². The smallest absolute Gasteiger partial charge is 0.246 e. The molecule has 2 heterocycles. The van der Waals surface area contributed by atoms with Gasteiger partial charge in [0.25, 0.3) is 0 Å². The Bertz CT molecular complexity index is 621. The summed E-state index contributed by atoms with van der Waals surface area (Å²) in [6.45, 7) is 2.07. The van der Waals surface area contributed by atoms with Gasteiger partial charge in [0.1, 0.15) is 10.6 Å². The van der Waals surface area contributed by atoms with Gasteiger partial charge in [0.05, 0.1) is 7.11 Å². The van der Waals surface area contributed by atoms with Crippen molar-refractivity contribution in [1.82, 2.24) is 9.62 Å². The molecular weight excluding hydrogens is 312 g/mol. The van der Waals surface area contributed by atoms with Crippen LogP contribution >= 0.6 is 11.6 Å². The molecule has 2 atom stereocenters. The number of fused-ring (bicyclic) bond motifs is 1. The van der Waals surface area contributed by atoms with Gasteiger partial charge in [-0.2, -0.15) is 4.31 Å². The molecule has 0 spiro atoms. The van der Waals surface area contributed by atoms with Crippen LogP contribution in [-0.4, -0.2) is 45.5 Å². The maximum atomic E-state index is 12.8. The molecule has 1 N–H and O–H groups in total. The molecule has 2 aliphatic rings. The van der Waals surface area contributed by atoms with Gasteiger partial charge in [0.2, 0.25) is 10.0 Å². The van der Waals surface area contributed by atoms with Gasteiger partial charge in [-0.15, -0.1) is 0 Å². The number of ether oxygens (including phenoxy) is 1. The molecule has 116 valence electrons. The average molecular weight is 331 g/mol. The molecule has 0 aromatic heterocycles. The van der Waals surface area contributed by atoms with Crippen molar-refractivity contribution < 1.29 is 13.2 Å². The molecule has 21 heavy (non-hydrogen) atoms. The van der Waals surface area contributed by atoms with Gasteiger partial charge in [0.15, 0.2) is 0 Å². The first-order chi connectivity index (χ1) is 10.0. The Morgan fingerprint density at radius 3 is 2.90 bits per heavy atom. The van der Waals surface area contributed by atoms with Crippen LogP contribution in [0.15, 0.2) is 23.1 Å². The first-order valence-electron chi connectivity index (χ1n) is 7.09. The standard InChI is InChI=1S/C14H19ClN2O3S/c1-20-13-7-11(15)4-5-14(13)21(18,19)17-8-10-3-2-6-16-12(10)9-17/h4-5,7,10,12,16H,2-3,6,8-9H2,1H3/t10-,12+/m0/s1. The number of piperidine rings is 1. The summed E-state index contributed by atoms with van der Waals surface area (Å²) in [5, 5.41) is 3.87. The lowest BCUT2D eigenvalue weighted by molar-refractivity contribution is 0.339. The molecule has 0 radical (unpaired) electrons. The molecule has 0 amide bonds. The predicted molar refractivity (Wildman–Crippen MR) is 81.3 cm³/mol. The Morgan fingerprint density at radius 1 is 1.38 bits per heavy atom. The maximum absolute atomic E-state index is 12.8. The van der Waals surface area contributed by atoms with E-state index in [2.05, 4.69) is 5.32 Å². The van der Waals surface area contributed by atoms with Crippen LogP contribution in [0.3, 0.4) is 0 Å². The first-order valence-corrected chi connectivity index (χ1v) is 8.91. The average Bonchev–Trinajstić information content (AvgIpc) is 2.91. The molecule has 3 rings (SSSR count). The monoisotopic (exact) mass is 330 g/mol. The molecule has 0 saturated carbocycles. The number of sulfonamides is 1. The minimum absolute atomic E-state index is 0.188. The van der Waals surface area contributed by atoms with Crippen molar-refractivity contribution in [1.29, 1.82) is 0 Å². The zero-order valence-electron chi connectivity index (χ0n) is 11.9. The molecule has 0 aliphatic carbocycles. The van der Waals surface area contributed by atoms with Crippen LogP contribution in [-0.2, 0) is 10.0 Å². The van der Waals surface area contributed by atoms with Crippen LogP contribution in [0, 0.1) is 5.92 Å². The Morgan fingerprint density at radius 2 is 2.19 bits per heavy atom. The molecule has 1 aromatic carbocycles. The van der Waals surface area contributed by atoms with E-state index in [1.165, 1.54) is 19.2 Å². The highest BCUT2D eigenvalue weighted by molar-refractivity contribution is 7.89. The van der Waals surface area contributed by atoms with Gasteiger partial charge < -0.3 is 10.1 Å². The van der Waals surface area contributed by atoms with E-state index in [0.717, 1.165) is 19.4 Å². The SMILES string of the molecule is COc1cc(Cl)ccc1S(=O)(=O)N1C[C@@H]2CCCN[C@@H]2C1. The van der Waals surface area contributed by atoms with Gasteiger partial charge in [-0.3, -0.25) is 0 Å². The number of hydrogen-bond donors (Lipinski definition) is 1. The second-order valence-electron chi connectivity index (χ2n) is 5.58. The fourth-order valence-corrected chi connectivity index (χ4v) is 5.02. The van der Waals surface area contributed by atoms with E-state index in [1.54, 1.807) is 10.4 Å². The van der Waals surface area contributed by atoms with E-state index < -0.39 is 10.0 Å². The van der Waals surface area contributed by atoms with Crippen LogP contribution in [0.4, 0.5) is 0 Å². The third kappa shape index (κ3) is 2.77. The summed E-state index contributed by atoms with van der Waals surface area (Å²) in [6, 6.07) is 4.91. The van der Waals surface area contributed by atoms with Crippen molar-refractivity contribution in [3.8, 4) is 5.75 Å². The Hall–Kier alpha value is -0.820. The van der Waals surface area contributed by atoms with Gasteiger partial charge in [-0.05, 0) is 37.4 Å². The van der Waals surface area contributed by atoms with Crippen molar-refractivity contribution in [2.45, 2.75) is 23.8 Å². The lowest BCUT2D eigenvalue weighted by atomic mass is 9.94. The number of benzene rings is 1. The molecular formula is C14H19ClN2O3S. The van der Waals surface area contributed by atoms with E-state index in [9.17, 15) is 8.42 Å². The normalized spacial score (nSPS) is 26.6. The lowest BCUT2D eigenvalue weighted by Gasteiger charge is -2.24. The lowest BCUT2D eigenvalue weighted by Crippen LogP contribution is -2.41. The number of halogens is 1. The molecule has 2 aliphatic heterocycles. The quantitative estimate of drug-likeness (QED) is 0.917. The highest BCUT2D eigenvalue weighted by atomic mass is 35.5. The van der Waals surface area contributed by atoms with Crippen LogP contribution in [0.2, 0.25) is 5.02 Å². The molecule has 0 unspecified atom stereocenters. The Labute approximate surface area is 130 Å². The van der Waals surface area contributed by atoms with Crippen molar-refractivity contribution in [2.24, 2.45) is 5.92 Å². The zero-order chi connectivity index (χ0) is 15.0. The Balaban J connectivity index is 1.91. The highest BCUT2D eigenvalue weighted by Crippen LogP contribution is 2.34. The second kappa shape index (κ2) is 5.76. The number of hydrogen-bond acceptors (Lipinski definition) is 4. The summed E-state index contributed by atoms with van der Waals surface area (Å²) in [5.74, 6) is 0.706. The summed E-state index contributed by atoms with van der Waals surface area (Å²) < 4.78 is 32.4. The van der Waals surface area contributed by atoms with Crippen LogP contribution in [0.5, 0.6) is 5.75 Å². The third-order valence-corrected chi connectivity index (χ3v) is 6.42. The molecule has 2 saturated heterocycles. The van der Waals surface area contributed by atoms with Crippen molar-refractivity contribution in [2.75, 3.05) is 26.7 Å². The Kier molecular flexibility index (Phi) is 4.14. The van der Waals surface area contributed by atoms with Crippen molar-refractivity contribution >= 4 is 21.6 Å². The predicted octanol–water partition coefficient (Wildman–Crippen LogP) is 1.72. The summed E-state index contributed by atoms with van der Waals surface area (Å²) >= 11 is 5.91. The van der Waals surface area contributed by atoms with Gasteiger partial charge in [-0.25, -0.2) is 8.42 Å². The summed E-state index contributed by atoms with van der Waals surface area (Å²) in [7, 11) is -2.09.